The minimum atomic E-state index is -0.329. The highest BCUT2D eigenvalue weighted by molar-refractivity contribution is 7.10. The average molecular weight is 374 g/mol. The predicted octanol–water partition coefficient (Wildman–Crippen LogP) is 4.33. The van der Waals surface area contributed by atoms with E-state index < -0.39 is 0 Å². The number of ether oxygens (including phenoxy) is 1. The highest BCUT2D eigenvalue weighted by Gasteiger charge is 2.35. The van der Waals surface area contributed by atoms with E-state index in [2.05, 4.69) is 5.32 Å². The van der Waals surface area contributed by atoms with Gasteiger partial charge >= 0.3 is 6.09 Å². The van der Waals surface area contributed by atoms with E-state index in [4.69, 9.17) is 4.74 Å². The number of amides is 1. The number of carbonyl (C=O) groups is 1. The maximum Gasteiger partial charge on any atom is 0.414 e. The number of nitrogens with one attached hydrogen (secondary N) is 1. The normalized spacial score (nSPS) is 24.5. The first kappa shape index (κ1) is 17.5. The second-order valence-electron chi connectivity index (χ2n) is 7.17. The quantitative estimate of drug-likeness (QED) is 0.866. The van der Waals surface area contributed by atoms with Gasteiger partial charge in [0.2, 0.25) is 0 Å². The molecular formula is C20H23FN2O2S. The first-order chi connectivity index (χ1) is 12.6. The van der Waals surface area contributed by atoms with E-state index >= 15 is 0 Å². The third-order valence-corrected chi connectivity index (χ3v) is 6.27. The Bertz CT molecular complexity index is 782. The van der Waals surface area contributed by atoms with Crippen molar-refractivity contribution in [2.75, 3.05) is 11.9 Å². The smallest absolute Gasteiger partial charge is 0.414 e. The van der Waals surface area contributed by atoms with Gasteiger partial charge < -0.3 is 10.1 Å². The van der Waals surface area contributed by atoms with Crippen LogP contribution in [-0.4, -0.2) is 31.3 Å². The summed E-state index contributed by atoms with van der Waals surface area (Å²) >= 11 is 1.53. The number of fused-ring (bicyclic) bond motifs is 2. The summed E-state index contributed by atoms with van der Waals surface area (Å²) in [5.41, 5.74) is 1.42. The number of nitrogens with zero attached hydrogens (tertiary/aromatic N) is 1. The molecule has 0 spiro atoms. The highest BCUT2D eigenvalue weighted by Crippen LogP contribution is 2.31. The van der Waals surface area contributed by atoms with Crippen molar-refractivity contribution in [3.8, 4) is 0 Å². The molecule has 1 aromatic heterocycles. The van der Waals surface area contributed by atoms with Gasteiger partial charge in [0.1, 0.15) is 11.9 Å². The third kappa shape index (κ3) is 3.62. The molecule has 0 radical (unpaired) electrons. The standard InChI is InChI=1S/C20H23FN2O2S/c1-23(20(24)25-16-11-14-6-7-15(12-16)22-14)18-8-9-26-19(18)10-13-4-2-3-5-17(13)21/h2-5,8-9,14-16,22H,6-7,10-12H2,1H3. The van der Waals surface area contributed by atoms with E-state index in [9.17, 15) is 9.18 Å². The highest BCUT2D eigenvalue weighted by atomic mass is 32.1. The van der Waals surface area contributed by atoms with Gasteiger partial charge in [0.15, 0.2) is 0 Å². The lowest BCUT2D eigenvalue weighted by Crippen LogP contribution is -2.43. The maximum absolute atomic E-state index is 14.0. The van der Waals surface area contributed by atoms with Gasteiger partial charge in [-0.25, -0.2) is 9.18 Å². The molecule has 138 valence electrons. The van der Waals surface area contributed by atoms with E-state index in [0.717, 1.165) is 23.4 Å². The van der Waals surface area contributed by atoms with Crippen molar-refractivity contribution in [3.63, 3.8) is 0 Å². The Morgan fingerprint density at radius 2 is 2.00 bits per heavy atom. The predicted molar refractivity (Wildman–Crippen MR) is 101 cm³/mol. The molecule has 2 aliphatic rings. The van der Waals surface area contributed by atoms with Crippen molar-refractivity contribution in [1.82, 2.24) is 5.32 Å². The SMILES string of the molecule is CN(C(=O)OC1CC2CCC(C1)N2)c1ccsc1Cc1ccccc1F. The first-order valence-corrected chi connectivity index (χ1v) is 9.98. The number of hydrogen-bond acceptors (Lipinski definition) is 4. The van der Waals surface area contributed by atoms with E-state index in [1.165, 1.54) is 30.2 Å². The number of halogens is 1. The van der Waals surface area contributed by atoms with Gasteiger partial charge in [0.25, 0.3) is 0 Å². The van der Waals surface area contributed by atoms with Gasteiger partial charge in [-0.2, -0.15) is 0 Å². The van der Waals surface area contributed by atoms with Crippen molar-refractivity contribution < 1.29 is 13.9 Å². The molecule has 1 aromatic carbocycles. The fraction of sp³-hybridized carbons (Fsp3) is 0.450. The number of carbonyl (C=O) groups excluding carboxylic acids is 1. The molecule has 26 heavy (non-hydrogen) atoms. The maximum atomic E-state index is 14.0. The van der Waals surface area contributed by atoms with Crippen molar-refractivity contribution in [1.29, 1.82) is 0 Å². The number of piperidine rings is 1. The van der Waals surface area contributed by atoms with Crippen LogP contribution < -0.4 is 10.2 Å². The van der Waals surface area contributed by atoms with Crippen LogP contribution in [0.5, 0.6) is 0 Å². The molecule has 6 heteroatoms. The molecule has 0 saturated carbocycles. The van der Waals surface area contributed by atoms with Crippen molar-refractivity contribution >= 4 is 23.1 Å². The second-order valence-corrected chi connectivity index (χ2v) is 8.17. The van der Waals surface area contributed by atoms with Crippen LogP contribution in [0.3, 0.4) is 0 Å². The fourth-order valence-electron chi connectivity index (χ4n) is 4.00. The lowest BCUT2D eigenvalue weighted by atomic mass is 10.0. The number of benzene rings is 1. The second kappa shape index (κ2) is 7.37. The van der Waals surface area contributed by atoms with Gasteiger partial charge in [-0.3, -0.25) is 4.90 Å². The Hall–Kier alpha value is -1.92. The molecule has 2 atom stereocenters. The molecule has 0 aliphatic carbocycles. The Balaban J connectivity index is 1.43. The van der Waals surface area contributed by atoms with E-state index in [1.807, 2.05) is 17.5 Å². The topological polar surface area (TPSA) is 41.6 Å². The zero-order chi connectivity index (χ0) is 18.1. The summed E-state index contributed by atoms with van der Waals surface area (Å²) in [6, 6.07) is 9.62. The summed E-state index contributed by atoms with van der Waals surface area (Å²) < 4.78 is 19.7. The van der Waals surface area contributed by atoms with Gasteiger partial charge in [-0.05, 0) is 48.8 Å². The summed E-state index contributed by atoms with van der Waals surface area (Å²) in [6.45, 7) is 0. The molecule has 1 N–H and O–H groups in total. The Morgan fingerprint density at radius 3 is 2.73 bits per heavy atom. The van der Waals surface area contributed by atoms with Crippen LogP contribution in [0.4, 0.5) is 14.9 Å². The van der Waals surface area contributed by atoms with Gasteiger partial charge in [0, 0.05) is 30.4 Å². The van der Waals surface area contributed by atoms with Crippen LogP contribution in [0.1, 0.15) is 36.1 Å². The average Bonchev–Trinajstić information content (AvgIpc) is 3.22. The Morgan fingerprint density at radius 1 is 1.27 bits per heavy atom. The first-order valence-electron chi connectivity index (χ1n) is 9.10. The van der Waals surface area contributed by atoms with Crippen molar-refractivity contribution in [3.05, 3.63) is 52.0 Å². The molecular weight excluding hydrogens is 351 g/mol. The summed E-state index contributed by atoms with van der Waals surface area (Å²) in [6.07, 6.45) is 4.25. The van der Waals surface area contributed by atoms with E-state index in [-0.39, 0.29) is 18.0 Å². The Kier molecular flexibility index (Phi) is 4.96. The van der Waals surface area contributed by atoms with Crippen LogP contribution in [0, 0.1) is 5.82 Å². The van der Waals surface area contributed by atoms with E-state index in [0.29, 0.717) is 24.1 Å². The summed E-state index contributed by atoms with van der Waals surface area (Å²) in [4.78, 5) is 15.1. The van der Waals surface area contributed by atoms with Gasteiger partial charge in [-0.15, -0.1) is 11.3 Å². The molecule has 2 saturated heterocycles. The van der Waals surface area contributed by atoms with E-state index in [1.54, 1.807) is 24.1 Å². The van der Waals surface area contributed by atoms with Crippen LogP contribution in [0.25, 0.3) is 0 Å². The molecule has 2 aliphatic heterocycles. The zero-order valence-electron chi connectivity index (χ0n) is 14.8. The molecule has 1 amide bonds. The van der Waals surface area contributed by atoms with Crippen LogP contribution in [0.2, 0.25) is 0 Å². The van der Waals surface area contributed by atoms with Crippen LogP contribution >= 0.6 is 11.3 Å². The van der Waals surface area contributed by atoms with Gasteiger partial charge in [0.05, 0.1) is 5.69 Å². The lowest BCUT2D eigenvalue weighted by molar-refractivity contribution is 0.0730. The number of anilines is 1. The Labute approximate surface area is 157 Å². The fourth-order valence-corrected chi connectivity index (χ4v) is 4.93. The lowest BCUT2D eigenvalue weighted by Gasteiger charge is -2.30. The molecule has 2 unspecified atom stereocenters. The number of hydrogen-bond donors (Lipinski definition) is 1. The molecule has 2 bridgehead atoms. The number of rotatable bonds is 4. The molecule has 2 fully saturated rings. The van der Waals surface area contributed by atoms with Crippen molar-refractivity contribution in [2.24, 2.45) is 0 Å². The summed E-state index contributed by atoms with van der Waals surface area (Å²) in [7, 11) is 1.73. The largest absolute Gasteiger partial charge is 0.446 e. The molecule has 3 heterocycles. The molecule has 4 rings (SSSR count). The molecule has 2 aromatic rings. The minimum Gasteiger partial charge on any atom is -0.446 e. The van der Waals surface area contributed by atoms with Crippen molar-refractivity contribution in [2.45, 2.75) is 50.3 Å². The van der Waals surface area contributed by atoms with Gasteiger partial charge in [-0.1, -0.05) is 18.2 Å². The number of thiophene rings is 1. The zero-order valence-corrected chi connectivity index (χ0v) is 15.6. The molecule has 4 nitrogen and oxygen atoms in total. The van der Waals surface area contributed by atoms with Crippen LogP contribution in [0.15, 0.2) is 35.7 Å². The summed E-state index contributed by atoms with van der Waals surface area (Å²) in [5, 5.41) is 5.48. The monoisotopic (exact) mass is 374 g/mol. The third-order valence-electron chi connectivity index (χ3n) is 5.36. The minimum absolute atomic E-state index is 0.0163. The summed E-state index contributed by atoms with van der Waals surface area (Å²) in [5.74, 6) is -0.220. The van der Waals surface area contributed by atoms with Crippen LogP contribution in [-0.2, 0) is 11.2 Å².